The summed E-state index contributed by atoms with van der Waals surface area (Å²) in [4.78, 5) is 27.6. The van der Waals surface area contributed by atoms with E-state index < -0.39 is 7.82 Å². The summed E-state index contributed by atoms with van der Waals surface area (Å²) in [6, 6.07) is 15.0. The van der Waals surface area contributed by atoms with Crippen LogP contribution >= 0.6 is 7.82 Å². The Kier molecular flexibility index (Phi) is 12.4. The molecule has 1 unspecified atom stereocenters. The number of carbonyl (C=O) groups excluding carboxylic acids is 2. The second-order valence-electron chi connectivity index (χ2n) is 9.97. The van der Waals surface area contributed by atoms with Gasteiger partial charge in [-0.05, 0) is 38.3 Å². The molecule has 0 saturated carbocycles. The van der Waals surface area contributed by atoms with Gasteiger partial charge in [0.2, 0.25) is 11.8 Å². The minimum absolute atomic E-state index is 0.0578. The van der Waals surface area contributed by atoms with Crippen molar-refractivity contribution >= 4 is 36.7 Å². The molecule has 0 aliphatic carbocycles. The first-order chi connectivity index (χ1) is 19.7. The number of rotatable bonds is 15. The van der Waals surface area contributed by atoms with Crippen molar-refractivity contribution in [1.82, 2.24) is 10.7 Å². The topological polar surface area (TPSA) is 158 Å². The van der Waals surface area contributed by atoms with Gasteiger partial charge in [-0.25, -0.2) is 4.57 Å². The first-order valence-electron chi connectivity index (χ1n) is 13.9. The Hall–Kier alpha value is -3.21. The summed E-state index contributed by atoms with van der Waals surface area (Å²) in [6.45, 7) is 4.62. The van der Waals surface area contributed by atoms with Crippen molar-refractivity contribution in [2.24, 2.45) is 11.6 Å². The van der Waals surface area contributed by atoms with Crippen molar-refractivity contribution in [1.29, 1.82) is 0 Å². The average Bonchev–Trinajstić information content (AvgIpc) is 2.95. The Morgan fingerprint density at radius 1 is 1.00 bits per heavy atom. The zero-order valence-electron chi connectivity index (χ0n) is 24.1. The van der Waals surface area contributed by atoms with Crippen LogP contribution in [-0.2, 0) is 34.3 Å². The highest BCUT2D eigenvalue weighted by Crippen LogP contribution is 2.49. The van der Waals surface area contributed by atoms with Crippen LogP contribution in [0.2, 0.25) is 0 Å². The van der Waals surface area contributed by atoms with Gasteiger partial charge in [0.1, 0.15) is 0 Å². The van der Waals surface area contributed by atoms with Gasteiger partial charge in [0, 0.05) is 37.6 Å². The Balaban J connectivity index is 1.48. The second-order valence-corrected chi connectivity index (χ2v) is 11.7. The van der Waals surface area contributed by atoms with Crippen LogP contribution in [0.3, 0.4) is 0 Å². The number of fused-ring (bicyclic) bond motifs is 2. The molecular weight excluding hydrogens is 545 g/mol. The summed E-state index contributed by atoms with van der Waals surface area (Å²) in [7, 11) is -2.21. The molecule has 1 atom stereocenters. The van der Waals surface area contributed by atoms with Gasteiger partial charge < -0.3 is 21.4 Å². The molecule has 1 heterocycles. The zero-order chi connectivity index (χ0) is 29.8. The Morgan fingerprint density at radius 3 is 2.39 bits per heavy atom. The number of unbranched alkanes of at least 4 members (excludes halogenated alkanes) is 3. The molecular formula is C29H42N5O6P. The van der Waals surface area contributed by atoms with E-state index in [0.717, 1.165) is 30.4 Å². The Morgan fingerprint density at radius 2 is 1.68 bits per heavy atom. The highest BCUT2D eigenvalue weighted by Gasteiger charge is 2.27. The number of benzene rings is 2. The van der Waals surface area contributed by atoms with Gasteiger partial charge in [-0.15, -0.1) is 0 Å². The van der Waals surface area contributed by atoms with Crippen LogP contribution in [0.1, 0.15) is 69.1 Å². The van der Waals surface area contributed by atoms with Gasteiger partial charge in [-0.1, -0.05) is 55.3 Å². The number of anilines is 1. The van der Waals surface area contributed by atoms with Gasteiger partial charge in [0.05, 0.1) is 36.3 Å². The molecule has 2 aromatic rings. The molecule has 0 aromatic heterocycles. The number of hydrogen-bond donors (Lipinski definition) is 4. The first-order valence-corrected chi connectivity index (χ1v) is 15.3. The molecule has 12 heteroatoms. The minimum Gasteiger partial charge on any atom is -0.396 e. The molecule has 0 spiro atoms. The van der Waals surface area contributed by atoms with Crippen molar-refractivity contribution in [3.05, 3.63) is 65.2 Å². The van der Waals surface area contributed by atoms with E-state index in [9.17, 15) is 14.2 Å². The smallest absolute Gasteiger partial charge is 0.396 e. The van der Waals surface area contributed by atoms with E-state index in [2.05, 4.69) is 10.7 Å². The molecule has 2 amide bonds. The Bertz CT molecular complexity index is 1270. The number of nitrogens with zero attached hydrogens (tertiary/aromatic N) is 1. The monoisotopic (exact) mass is 587 g/mol. The molecule has 6 N–H and O–H groups in total. The van der Waals surface area contributed by atoms with E-state index in [1.165, 1.54) is 7.11 Å². The molecule has 11 nitrogen and oxygen atoms in total. The van der Waals surface area contributed by atoms with Crippen molar-refractivity contribution in [2.45, 2.75) is 65.0 Å². The summed E-state index contributed by atoms with van der Waals surface area (Å²) in [5.41, 5.74) is 13.3. The third-order valence-electron chi connectivity index (χ3n) is 6.59. The summed E-state index contributed by atoms with van der Waals surface area (Å²) >= 11 is 0. The third-order valence-corrected chi connectivity index (χ3v) is 8.21. The molecule has 224 valence electrons. The van der Waals surface area contributed by atoms with E-state index in [0.29, 0.717) is 42.2 Å². The van der Waals surface area contributed by atoms with Crippen LogP contribution in [0.25, 0.3) is 11.4 Å². The van der Waals surface area contributed by atoms with Crippen molar-refractivity contribution < 1.29 is 27.7 Å². The van der Waals surface area contributed by atoms with Crippen LogP contribution in [0, 0.1) is 0 Å². The molecule has 0 fully saturated rings. The number of hydrogen-bond acceptors (Lipinski definition) is 9. The van der Waals surface area contributed by atoms with Gasteiger partial charge in [-0.3, -0.25) is 29.0 Å². The fourth-order valence-corrected chi connectivity index (χ4v) is 5.69. The SMILES string of the molecule is COP(=O)(OCCCCCCNC(=O)CCC(=O)N1Cc2ccccc2/C(N)=C(/NN)c2ccccc21)OC(C)C. The number of phosphoric ester groups is 1. The maximum absolute atomic E-state index is 13.4. The number of para-hydroxylation sites is 1. The zero-order valence-corrected chi connectivity index (χ0v) is 25.0. The van der Waals surface area contributed by atoms with E-state index in [4.69, 9.17) is 25.1 Å². The molecule has 0 bridgehead atoms. The van der Waals surface area contributed by atoms with Crippen LogP contribution in [-0.4, -0.2) is 38.2 Å². The largest absolute Gasteiger partial charge is 0.474 e. The minimum atomic E-state index is -3.51. The van der Waals surface area contributed by atoms with E-state index in [-0.39, 0.29) is 37.4 Å². The molecule has 0 radical (unpaired) electrons. The lowest BCUT2D eigenvalue weighted by molar-refractivity contribution is -0.125. The lowest BCUT2D eigenvalue weighted by Crippen LogP contribution is -2.35. The van der Waals surface area contributed by atoms with Gasteiger partial charge in [0.15, 0.2) is 0 Å². The van der Waals surface area contributed by atoms with E-state index >= 15 is 0 Å². The van der Waals surface area contributed by atoms with E-state index in [1.54, 1.807) is 18.7 Å². The van der Waals surface area contributed by atoms with Crippen LogP contribution in [0.5, 0.6) is 0 Å². The van der Waals surface area contributed by atoms with Crippen LogP contribution in [0.4, 0.5) is 5.69 Å². The fraction of sp³-hybridized carbons (Fsp3) is 0.448. The number of nitrogens with two attached hydrogens (primary N) is 2. The maximum Gasteiger partial charge on any atom is 0.474 e. The van der Waals surface area contributed by atoms with Crippen molar-refractivity contribution in [3.63, 3.8) is 0 Å². The first kappa shape index (κ1) is 32.3. The fourth-order valence-electron chi connectivity index (χ4n) is 4.57. The van der Waals surface area contributed by atoms with E-state index in [1.807, 2.05) is 48.5 Å². The predicted molar refractivity (Wildman–Crippen MR) is 160 cm³/mol. The summed E-state index contributed by atoms with van der Waals surface area (Å²) in [5, 5.41) is 2.89. The molecule has 1 aliphatic heterocycles. The van der Waals surface area contributed by atoms with Gasteiger partial charge >= 0.3 is 7.82 Å². The molecule has 41 heavy (non-hydrogen) atoms. The van der Waals surface area contributed by atoms with Gasteiger partial charge in [0.25, 0.3) is 0 Å². The van der Waals surface area contributed by atoms with Crippen molar-refractivity contribution in [3.8, 4) is 0 Å². The van der Waals surface area contributed by atoms with Crippen LogP contribution in [0.15, 0.2) is 48.5 Å². The lowest BCUT2D eigenvalue weighted by atomic mass is 9.96. The standard InChI is InChI=1S/C29H42N5O6P/c1-21(2)40-41(37,38-3)39-19-11-5-4-10-18-32-26(35)16-17-27(36)34-20-22-12-6-7-13-23(22)28(30)29(33-31)24-14-8-9-15-25(24)34/h6-9,12-15,21,33H,4-5,10-11,16-20,30-31H2,1-3H3,(H,32,35)/b29-28-. The van der Waals surface area contributed by atoms with Gasteiger partial charge in [-0.2, -0.15) is 0 Å². The quantitative estimate of drug-likeness (QED) is 0.102. The maximum atomic E-state index is 13.4. The number of hydrazine groups is 1. The molecule has 0 saturated heterocycles. The van der Waals surface area contributed by atoms with Crippen LogP contribution < -0.4 is 27.2 Å². The Labute approximate surface area is 242 Å². The normalized spacial score (nSPS) is 16.3. The number of phosphoric acid groups is 1. The highest BCUT2D eigenvalue weighted by molar-refractivity contribution is 7.48. The summed E-state index contributed by atoms with van der Waals surface area (Å²) in [6.07, 6.45) is 3.05. The summed E-state index contributed by atoms with van der Waals surface area (Å²) < 4.78 is 27.6. The molecule has 3 rings (SSSR count). The molecule has 2 aromatic carbocycles. The number of carbonyl (C=O) groups is 2. The summed E-state index contributed by atoms with van der Waals surface area (Å²) in [5.74, 6) is 5.51. The van der Waals surface area contributed by atoms with Crippen molar-refractivity contribution in [2.75, 3.05) is 25.2 Å². The third kappa shape index (κ3) is 9.14. The highest BCUT2D eigenvalue weighted by atomic mass is 31.2. The lowest BCUT2D eigenvalue weighted by Gasteiger charge is -2.30. The average molecular weight is 588 g/mol. The number of nitrogens with one attached hydrogen (secondary N) is 2. The molecule has 1 aliphatic rings. The number of amides is 2. The predicted octanol–water partition coefficient (Wildman–Crippen LogP) is 4.43. The second kappa shape index (κ2) is 15.7.